The van der Waals surface area contributed by atoms with E-state index in [0.29, 0.717) is 12.1 Å². The summed E-state index contributed by atoms with van der Waals surface area (Å²) < 4.78 is 52.8. The Balaban J connectivity index is 2.48. The Labute approximate surface area is 113 Å². The summed E-state index contributed by atoms with van der Waals surface area (Å²) in [4.78, 5) is 3.70. The molecule has 0 aliphatic carbocycles. The second-order valence-corrected chi connectivity index (χ2v) is 4.23. The van der Waals surface area contributed by atoms with E-state index in [4.69, 9.17) is 0 Å². The molecular weight excluding hydrogens is 272 g/mol. The molecule has 0 saturated heterocycles. The number of halogens is 4. The van der Waals surface area contributed by atoms with Crippen molar-refractivity contribution in [1.29, 1.82) is 0 Å². The van der Waals surface area contributed by atoms with Crippen LogP contribution >= 0.6 is 0 Å². The molecule has 6 heteroatoms. The van der Waals surface area contributed by atoms with Gasteiger partial charge in [-0.15, -0.1) is 0 Å². The Morgan fingerprint density at radius 2 is 1.65 bits per heavy atom. The lowest BCUT2D eigenvalue weighted by molar-refractivity contribution is 0.442. The number of benzene rings is 1. The van der Waals surface area contributed by atoms with Gasteiger partial charge in [0.2, 0.25) is 0 Å². The molecule has 0 spiro atoms. The Morgan fingerprint density at radius 1 is 1.00 bits per heavy atom. The van der Waals surface area contributed by atoms with Crippen LogP contribution in [0.3, 0.4) is 0 Å². The molecule has 2 rings (SSSR count). The van der Waals surface area contributed by atoms with E-state index in [1.165, 1.54) is 12.3 Å². The second kappa shape index (κ2) is 6.00. The first-order chi connectivity index (χ1) is 9.52. The summed E-state index contributed by atoms with van der Waals surface area (Å²) in [6, 6.07) is 2.31. The molecule has 2 nitrogen and oxygen atoms in total. The van der Waals surface area contributed by atoms with E-state index < -0.39 is 29.3 Å². The lowest BCUT2D eigenvalue weighted by Gasteiger charge is -2.19. The van der Waals surface area contributed by atoms with Crippen LogP contribution in [0.5, 0.6) is 0 Å². The molecule has 1 atom stereocenters. The van der Waals surface area contributed by atoms with Crippen molar-refractivity contribution in [3.63, 3.8) is 0 Å². The third-order valence-electron chi connectivity index (χ3n) is 2.81. The quantitative estimate of drug-likeness (QED) is 0.688. The Morgan fingerprint density at radius 3 is 2.20 bits per heavy atom. The molecule has 0 radical (unpaired) electrons. The van der Waals surface area contributed by atoms with Crippen LogP contribution in [0.15, 0.2) is 30.6 Å². The maximum atomic E-state index is 13.3. The standard InChI is InChI=1S/C14H12F4N2/c1-2-20-14(9-3-10(15)7-19-6-9)8-4-11(16)13(18)12(17)5-8/h3-7,14,20H,2H2,1H3. The van der Waals surface area contributed by atoms with Gasteiger partial charge in [-0.3, -0.25) is 4.98 Å². The fraction of sp³-hybridized carbons (Fsp3) is 0.214. The number of nitrogens with one attached hydrogen (secondary N) is 1. The third-order valence-corrected chi connectivity index (χ3v) is 2.81. The Hall–Kier alpha value is -1.95. The van der Waals surface area contributed by atoms with Crippen LogP contribution in [0.1, 0.15) is 24.1 Å². The predicted octanol–water partition coefficient (Wildman–Crippen LogP) is 3.34. The molecule has 0 fully saturated rings. The summed E-state index contributed by atoms with van der Waals surface area (Å²) in [6.45, 7) is 2.26. The zero-order valence-electron chi connectivity index (χ0n) is 10.6. The van der Waals surface area contributed by atoms with E-state index in [1.807, 2.05) is 0 Å². The average molecular weight is 284 g/mol. The molecule has 2 aromatic rings. The molecule has 0 aliphatic heterocycles. The molecule has 0 bridgehead atoms. The van der Waals surface area contributed by atoms with Gasteiger partial charge in [-0.25, -0.2) is 17.6 Å². The van der Waals surface area contributed by atoms with Crippen LogP contribution in [0.4, 0.5) is 17.6 Å². The number of hydrogen-bond donors (Lipinski definition) is 1. The van der Waals surface area contributed by atoms with Gasteiger partial charge in [0.15, 0.2) is 17.5 Å². The van der Waals surface area contributed by atoms with Gasteiger partial charge in [-0.05, 0) is 35.9 Å². The van der Waals surface area contributed by atoms with E-state index in [2.05, 4.69) is 10.3 Å². The fourth-order valence-electron chi connectivity index (χ4n) is 1.96. The van der Waals surface area contributed by atoms with Gasteiger partial charge in [-0.2, -0.15) is 0 Å². The molecule has 1 aromatic carbocycles. The van der Waals surface area contributed by atoms with Crippen molar-refractivity contribution >= 4 is 0 Å². The zero-order valence-corrected chi connectivity index (χ0v) is 10.6. The van der Waals surface area contributed by atoms with Crippen LogP contribution in [-0.4, -0.2) is 11.5 Å². The fourth-order valence-corrected chi connectivity index (χ4v) is 1.96. The molecule has 0 saturated carbocycles. The Bertz CT molecular complexity index is 593. The monoisotopic (exact) mass is 284 g/mol. The highest BCUT2D eigenvalue weighted by Gasteiger charge is 2.19. The highest BCUT2D eigenvalue weighted by Crippen LogP contribution is 2.25. The molecule has 0 aliphatic rings. The smallest absolute Gasteiger partial charge is 0.194 e. The molecule has 1 unspecified atom stereocenters. The van der Waals surface area contributed by atoms with Crippen molar-refractivity contribution in [2.24, 2.45) is 0 Å². The van der Waals surface area contributed by atoms with Crippen molar-refractivity contribution in [3.05, 3.63) is 65.0 Å². The van der Waals surface area contributed by atoms with Crippen molar-refractivity contribution in [2.75, 3.05) is 6.54 Å². The van der Waals surface area contributed by atoms with Gasteiger partial charge in [0, 0.05) is 6.20 Å². The number of nitrogens with zero attached hydrogens (tertiary/aromatic N) is 1. The summed E-state index contributed by atoms with van der Waals surface area (Å²) in [6.07, 6.45) is 2.41. The minimum atomic E-state index is -1.53. The van der Waals surface area contributed by atoms with Gasteiger partial charge in [-0.1, -0.05) is 6.92 Å². The minimum Gasteiger partial charge on any atom is -0.306 e. The normalized spacial score (nSPS) is 12.4. The van der Waals surface area contributed by atoms with Gasteiger partial charge >= 0.3 is 0 Å². The van der Waals surface area contributed by atoms with E-state index in [1.54, 1.807) is 6.92 Å². The largest absolute Gasteiger partial charge is 0.306 e. The first-order valence-electron chi connectivity index (χ1n) is 6.01. The summed E-state index contributed by atoms with van der Waals surface area (Å²) in [5.41, 5.74) is 0.563. The number of aromatic nitrogens is 1. The summed E-state index contributed by atoms with van der Waals surface area (Å²) >= 11 is 0. The lowest BCUT2D eigenvalue weighted by atomic mass is 9.99. The second-order valence-electron chi connectivity index (χ2n) is 4.23. The van der Waals surface area contributed by atoms with Gasteiger partial charge in [0.1, 0.15) is 5.82 Å². The van der Waals surface area contributed by atoms with Gasteiger partial charge < -0.3 is 5.32 Å². The van der Waals surface area contributed by atoms with Crippen LogP contribution < -0.4 is 5.32 Å². The van der Waals surface area contributed by atoms with Gasteiger partial charge in [0.25, 0.3) is 0 Å². The van der Waals surface area contributed by atoms with E-state index in [9.17, 15) is 17.6 Å². The number of pyridine rings is 1. The van der Waals surface area contributed by atoms with Crippen molar-refractivity contribution in [3.8, 4) is 0 Å². The lowest BCUT2D eigenvalue weighted by Crippen LogP contribution is -2.22. The van der Waals surface area contributed by atoms with E-state index >= 15 is 0 Å². The summed E-state index contributed by atoms with van der Waals surface area (Å²) in [7, 11) is 0. The first kappa shape index (κ1) is 14.5. The van der Waals surface area contributed by atoms with Crippen LogP contribution in [-0.2, 0) is 0 Å². The zero-order chi connectivity index (χ0) is 14.7. The summed E-state index contributed by atoms with van der Waals surface area (Å²) in [5.74, 6) is -4.66. The van der Waals surface area contributed by atoms with Crippen LogP contribution in [0.2, 0.25) is 0 Å². The number of hydrogen-bond acceptors (Lipinski definition) is 2. The molecule has 20 heavy (non-hydrogen) atoms. The van der Waals surface area contributed by atoms with Crippen molar-refractivity contribution in [2.45, 2.75) is 13.0 Å². The van der Waals surface area contributed by atoms with Crippen LogP contribution in [0, 0.1) is 23.3 Å². The molecule has 1 heterocycles. The molecule has 106 valence electrons. The molecule has 1 aromatic heterocycles. The average Bonchev–Trinajstić information content (AvgIpc) is 2.41. The minimum absolute atomic E-state index is 0.163. The molecular formula is C14H12F4N2. The predicted molar refractivity (Wildman–Crippen MR) is 66.0 cm³/mol. The highest BCUT2D eigenvalue weighted by atomic mass is 19.2. The molecule has 0 amide bonds. The van der Waals surface area contributed by atoms with Gasteiger partial charge in [0.05, 0.1) is 12.2 Å². The number of rotatable bonds is 4. The maximum absolute atomic E-state index is 13.3. The first-order valence-corrected chi connectivity index (χ1v) is 6.01. The van der Waals surface area contributed by atoms with E-state index in [-0.39, 0.29) is 5.56 Å². The third kappa shape index (κ3) is 2.96. The SMILES string of the molecule is CCNC(c1cncc(F)c1)c1cc(F)c(F)c(F)c1. The van der Waals surface area contributed by atoms with Crippen molar-refractivity contribution < 1.29 is 17.6 Å². The topological polar surface area (TPSA) is 24.9 Å². The van der Waals surface area contributed by atoms with E-state index in [0.717, 1.165) is 18.3 Å². The Kier molecular flexibility index (Phi) is 4.34. The van der Waals surface area contributed by atoms with Crippen molar-refractivity contribution in [1.82, 2.24) is 10.3 Å². The summed E-state index contributed by atoms with van der Waals surface area (Å²) in [5, 5.41) is 2.95. The maximum Gasteiger partial charge on any atom is 0.194 e. The van der Waals surface area contributed by atoms with Crippen LogP contribution in [0.25, 0.3) is 0 Å². The molecule has 1 N–H and O–H groups in total. The highest BCUT2D eigenvalue weighted by molar-refractivity contribution is 5.31.